The monoisotopic (exact) mass is 302 g/mol. The van der Waals surface area contributed by atoms with Crippen LogP contribution in [-0.2, 0) is 13.0 Å². The van der Waals surface area contributed by atoms with E-state index in [9.17, 15) is 4.79 Å². The standard InChI is InChI=1S/C17H19ClN2O/c1-13-2-4-14(5-3-13)10-11-19-17(21)20-12-15-6-8-16(18)9-7-15/h2-9H,10-12H2,1H3,(H2,19,20,21). The Bertz CT molecular complexity index is 579. The van der Waals surface area contributed by atoms with Crippen molar-refractivity contribution in [1.29, 1.82) is 0 Å². The predicted octanol–water partition coefficient (Wildman–Crippen LogP) is 3.69. The molecule has 0 aliphatic carbocycles. The first-order valence-electron chi connectivity index (χ1n) is 6.95. The molecule has 0 spiro atoms. The van der Waals surface area contributed by atoms with Gasteiger partial charge in [-0.2, -0.15) is 0 Å². The Hall–Kier alpha value is -2.00. The molecule has 0 saturated heterocycles. The maximum absolute atomic E-state index is 11.7. The van der Waals surface area contributed by atoms with E-state index < -0.39 is 0 Å². The molecule has 0 aliphatic rings. The SMILES string of the molecule is Cc1ccc(CCNC(=O)NCc2ccc(Cl)cc2)cc1. The molecule has 0 radical (unpaired) electrons. The third-order valence-electron chi connectivity index (χ3n) is 3.19. The number of aryl methyl sites for hydroxylation is 1. The summed E-state index contributed by atoms with van der Waals surface area (Å²) in [4.78, 5) is 11.7. The van der Waals surface area contributed by atoms with Crippen molar-refractivity contribution in [3.63, 3.8) is 0 Å². The van der Waals surface area contributed by atoms with Gasteiger partial charge in [0.05, 0.1) is 0 Å². The highest BCUT2D eigenvalue weighted by molar-refractivity contribution is 6.30. The Morgan fingerprint density at radius 3 is 2.24 bits per heavy atom. The minimum atomic E-state index is -0.155. The van der Waals surface area contributed by atoms with Gasteiger partial charge in [0.1, 0.15) is 0 Å². The molecule has 0 aromatic heterocycles. The normalized spacial score (nSPS) is 10.2. The summed E-state index contributed by atoms with van der Waals surface area (Å²) in [6.07, 6.45) is 0.828. The van der Waals surface area contributed by atoms with Crippen molar-refractivity contribution in [3.8, 4) is 0 Å². The van der Waals surface area contributed by atoms with E-state index in [0.29, 0.717) is 18.1 Å². The number of nitrogens with one attached hydrogen (secondary N) is 2. The first-order chi connectivity index (χ1) is 10.1. The van der Waals surface area contributed by atoms with Crippen molar-refractivity contribution in [2.45, 2.75) is 19.9 Å². The van der Waals surface area contributed by atoms with Crippen molar-refractivity contribution in [2.24, 2.45) is 0 Å². The Morgan fingerprint density at radius 2 is 1.57 bits per heavy atom. The van der Waals surface area contributed by atoms with Gasteiger partial charge in [0.25, 0.3) is 0 Å². The van der Waals surface area contributed by atoms with Gasteiger partial charge < -0.3 is 10.6 Å². The molecule has 0 saturated carbocycles. The number of hydrogen-bond acceptors (Lipinski definition) is 1. The summed E-state index contributed by atoms with van der Waals surface area (Å²) < 4.78 is 0. The minimum Gasteiger partial charge on any atom is -0.338 e. The van der Waals surface area contributed by atoms with Gasteiger partial charge in [0.2, 0.25) is 0 Å². The Labute approximate surface area is 130 Å². The lowest BCUT2D eigenvalue weighted by molar-refractivity contribution is 0.240. The van der Waals surface area contributed by atoms with Gasteiger partial charge >= 0.3 is 6.03 Å². The van der Waals surface area contributed by atoms with Crippen LogP contribution in [0.2, 0.25) is 5.02 Å². The topological polar surface area (TPSA) is 41.1 Å². The second kappa shape index (κ2) is 7.70. The zero-order chi connectivity index (χ0) is 15.1. The minimum absolute atomic E-state index is 0.155. The van der Waals surface area contributed by atoms with E-state index in [2.05, 4.69) is 41.8 Å². The van der Waals surface area contributed by atoms with E-state index in [-0.39, 0.29) is 6.03 Å². The van der Waals surface area contributed by atoms with Crippen LogP contribution in [0.15, 0.2) is 48.5 Å². The van der Waals surface area contributed by atoms with Crippen molar-refractivity contribution in [2.75, 3.05) is 6.54 Å². The van der Waals surface area contributed by atoms with Gasteiger partial charge in [-0.3, -0.25) is 0 Å². The number of amides is 2. The van der Waals surface area contributed by atoms with Crippen LogP contribution < -0.4 is 10.6 Å². The van der Waals surface area contributed by atoms with Crippen molar-refractivity contribution >= 4 is 17.6 Å². The summed E-state index contributed by atoms with van der Waals surface area (Å²) in [6.45, 7) is 3.18. The second-order valence-electron chi connectivity index (χ2n) is 4.97. The molecule has 0 bridgehead atoms. The number of rotatable bonds is 5. The molecule has 0 fully saturated rings. The fourth-order valence-corrected chi connectivity index (χ4v) is 2.05. The molecule has 0 unspecified atom stereocenters. The average molecular weight is 303 g/mol. The average Bonchev–Trinajstić information content (AvgIpc) is 2.49. The van der Waals surface area contributed by atoms with Crippen LogP contribution in [0.5, 0.6) is 0 Å². The molecule has 110 valence electrons. The summed E-state index contributed by atoms with van der Waals surface area (Å²) in [6, 6.07) is 15.6. The van der Waals surface area contributed by atoms with Crippen LogP contribution >= 0.6 is 11.6 Å². The van der Waals surface area contributed by atoms with Gasteiger partial charge in [0.15, 0.2) is 0 Å². The van der Waals surface area contributed by atoms with Crippen LogP contribution in [0.3, 0.4) is 0 Å². The Kier molecular flexibility index (Phi) is 5.64. The zero-order valence-corrected chi connectivity index (χ0v) is 12.8. The largest absolute Gasteiger partial charge is 0.338 e. The second-order valence-corrected chi connectivity index (χ2v) is 5.41. The van der Waals surface area contributed by atoms with E-state index in [1.54, 1.807) is 0 Å². The fourth-order valence-electron chi connectivity index (χ4n) is 1.92. The van der Waals surface area contributed by atoms with Gasteiger partial charge in [-0.25, -0.2) is 4.79 Å². The fraction of sp³-hybridized carbons (Fsp3) is 0.235. The number of benzene rings is 2. The lowest BCUT2D eigenvalue weighted by atomic mass is 10.1. The predicted molar refractivity (Wildman–Crippen MR) is 86.6 cm³/mol. The van der Waals surface area contributed by atoms with Crippen LogP contribution in [0, 0.1) is 6.92 Å². The van der Waals surface area contributed by atoms with E-state index in [0.717, 1.165) is 12.0 Å². The summed E-state index contributed by atoms with van der Waals surface area (Å²) in [5.41, 5.74) is 3.49. The first-order valence-corrected chi connectivity index (χ1v) is 7.33. The first kappa shape index (κ1) is 15.4. The number of hydrogen-bond donors (Lipinski definition) is 2. The number of urea groups is 1. The third kappa shape index (κ3) is 5.48. The summed E-state index contributed by atoms with van der Waals surface area (Å²) in [7, 11) is 0. The maximum Gasteiger partial charge on any atom is 0.315 e. The van der Waals surface area contributed by atoms with E-state index in [1.165, 1.54) is 11.1 Å². The van der Waals surface area contributed by atoms with Crippen LogP contribution in [0.4, 0.5) is 4.79 Å². The van der Waals surface area contributed by atoms with Crippen LogP contribution in [0.25, 0.3) is 0 Å². The highest BCUT2D eigenvalue weighted by Crippen LogP contribution is 2.09. The lowest BCUT2D eigenvalue weighted by Crippen LogP contribution is -2.36. The highest BCUT2D eigenvalue weighted by Gasteiger charge is 2.00. The van der Waals surface area contributed by atoms with Crippen molar-refractivity contribution in [3.05, 3.63) is 70.2 Å². The van der Waals surface area contributed by atoms with Gasteiger partial charge in [-0.05, 0) is 36.6 Å². The zero-order valence-electron chi connectivity index (χ0n) is 12.0. The van der Waals surface area contributed by atoms with Gasteiger partial charge in [-0.1, -0.05) is 53.6 Å². The number of carbonyl (C=O) groups excluding carboxylic acids is 1. The molecule has 2 N–H and O–H groups in total. The molecule has 2 amide bonds. The maximum atomic E-state index is 11.7. The molecule has 21 heavy (non-hydrogen) atoms. The molecule has 2 aromatic rings. The third-order valence-corrected chi connectivity index (χ3v) is 3.44. The molecular weight excluding hydrogens is 284 g/mol. The Morgan fingerprint density at radius 1 is 0.952 bits per heavy atom. The number of halogens is 1. The molecule has 0 aliphatic heterocycles. The molecule has 0 atom stereocenters. The quantitative estimate of drug-likeness (QED) is 0.869. The van der Waals surface area contributed by atoms with E-state index in [4.69, 9.17) is 11.6 Å². The highest BCUT2D eigenvalue weighted by atomic mass is 35.5. The van der Waals surface area contributed by atoms with Gasteiger partial charge in [-0.15, -0.1) is 0 Å². The lowest BCUT2D eigenvalue weighted by Gasteiger charge is -2.08. The van der Waals surface area contributed by atoms with Crippen LogP contribution in [0.1, 0.15) is 16.7 Å². The summed E-state index contributed by atoms with van der Waals surface area (Å²) in [5, 5.41) is 6.37. The summed E-state index contributed by atoms with van der Waals surface area (Å²) >= 11 is 5.81. The molecule has 2 aromatic carbocycles. The molecule has 2 rings (SSSR count). The smallest absolute Gasteiger partial charge is 0.315 e. The number of carbonyl (C=O) groups is 1. The van der Waals surface area contributed by atoms with Crippen molar-refractivity contribution in [1.82, 2.24) is 10.6 Å². The molecular formula is C17H19ClN2O. The van der Waals surface area contributed by atoms with Crippen LogP contribution in [-0.4, -0.2) is 12.6 Å². The van der Waals surface area contributed by atoms with E-state index in [1.807, 2.05) is 24.3 Å². The van der Waals surface area contributed by atoms with Crippen molar-refractivity contribution < 1.29 is 4.79 Å². The molecule has 4 heteroatoms. The van der Waals surface area contributed by atoms with E-state index >= 15 is 0 Å². The van der Waals surface area contributed by atoms with Gasteiger partial charge in [0, 0.05) is 18.1 Å². The summed E-state index contributed by atoms with van der Waals surface area (Å²) in [5.74, 6) is 0. The Balaban J connectivity index is 1.67. The molecule has 0 heterocycles. The molecule has 3 nitrogen and oxygen atoms in total.